The van der Waals surface area contributed by atoms with E-state index in [-0.39, 0.29) is 11.5 Å². The van der Waals surface area contributed by atoms with Crippen LogP contribution in [0.15, 0.2) is 29.1 Å². The molecule has 7 nitrogen and oxygen atoms in total. The number of morpholine rings is 1. The summed E-state index contributed by atoms with van der Waals surface area (Å²) in [6, 6.07) is 7.79. The van der Waals surface area contributed by atoms with Crippen LogP contribution >= 0.6 is 12.2 Å². The topological polar surface area (TPSA) is 79.4 Å². The first-order chi connectivity index (χ1) is 16.0. The van der Waals surface area contributed by atoms with Crippen molar-refractivity contribution in [1.29, 1.82) is 0 Å². The Morgan fingerprint density at radius 3 is 2.61 bits per heavy atom. The standard InChI is InChI=1S/C25H38N4O3S/c1-3-19(4-2)22(28-14-16-32-17-15-28)18-26-23(30)12-6-5-9-13-29-24(31)20-10-7-8-11-21(20)27-25(29)33/h7-8,10-11,19,22H,3-6,9,12-18H2,1-2H3,(H,26,30)(H,27,33). The molecule has 0 spiro atoms. The second kappa shape index (κ2) is 13.0. The fourth-order valence-electron chi connectivity index (χ4n) is 4.78. The summed E-state index contributed by atoms with van der Waals surface area (Å²) in [5.74, 6) is 0.687. The van der Waals surface area contributed by atoms with E-state index in [1.165, 1.54) is 0 Å². The molecule has 1 amide bonds. The van der Waals surface area contributed by atoms with Crippen LogP contribution in [0.25, 0.3) is 10.9 Å². The van der Waals surface area contributed by atoms with Gasteiger partial charge < -0.3 is 15.0 Å². The summed E-state index contributed by atoms with van der Waals surface area (Å²) in [7, 11) is 0. The summed E-state index contributed by atoms with van der Waals surface area (Å²) < 4.78 is 7.58. The van der Waals surface area contributed by atoms with Gasteiger partial charge in [0.15, 0.2) is 4.77 Å². The Hall–Kier alpha value is -2.03. The Labute approximate surface area is 201 Å². The van der Waals surface area contributed by atoms with Crippen molar-refractivity contribution in [2.75, 3.05) is 32.8 Å². The zero-order valence-corrected chi connectivity index (χ0v) is 20.8. The lowest BCUT2D eigenvalue weighted by Crippen LogP contribution is -2.52. The van der Waals surface area contributed by atoms with Crippen molar-refractivity contribution < 1.29 is 9.53 Å². The maximum Gasteiger partial charge on any atom is 0.262 e. The third-order valence-corrected chi connectivity index (χ3v) is 7.11. The van der Waals surface area contributed by atoms with E-state index in [0.29, 0.717) is 41.6 Å². The molecule has 1 aliphatic heterocycles. The van der Waals surface area contributed by atoms with Crippen LogP contribution in [0.2, 0.25) is 0 Å². The molecule has 0 radical (unpaired) electrons. The van der Waals surface area contributed by atoms with Gasteiger partial charge in [0.2, 0.25) is 5.91 Å². The van der Waals surface area contributed by atoms with E-state index >= 15 is 0 Å². The molecule has 0 aliphatic carbocycles. The summed E-state index contributed by atoms with van der Waals surface area (Å²) in [6.45, 7) is 9.15. The van der Waals surface area contributed by atoms with Gasteiger partial charge in [-0.25, -0.2) is 0 Å². The van der Waals surface area contributed by atoms with Gasteiger partial charge in [-0.15, -0.1) is 0 Å². The summed E-state index contributed by atoms with van der Waals surface area (Å²) in [6.07, 6.45) is 5.24. The SMILES string of the molecule is CCC(CC)C(CNC(=O)CCCCCn1c(=S)[nH]c2ccccc2c1=O)N1CCOCC1. The number of rotatable bonds is 12. The molecule has 1 aliphatic rings. The minimum Gasteiger partial charge on any atom is -0.379 e. The highest BCUT2D eigenvalue weighted by Gasteiger charge is 2.27. The minimum atomic E-state index is -0.0531. The molecule has 33 heavy (non-hydrogen) atoms. The number of fused-ring (bicyclic) bond motifs is 1. The number of aromatic nitrogens is 2. The van der Waals surface area contributed by atoms with Gasteiger partial charge in [-0.3, -0.25) is 19.1 Å². The van der Waals surface area contributed by atoms with Gasteiger partial charge in [0.05, 0.1) is 24.1 Å². The number of nitrogens with zero attached hydrogens (tertiary/aromatic N) is 2. The van der Waals surface area contributed by atoms with Crippen molar-refractivity contribution in [3.05, 3.63) is 39.4 Å². The van der Waals surface area contributed by atoms with Crippen molar-refractivity contribution in [2.45, 2.75) is 65.0 Å². The number of hydrogen-bond donors (Lipinski definition) is 2. The average molecular weight is 475 g/mol. The molecule has 1 aromatic heterocycles. The molecule has 0 saturated carbocycles. The van der Waals surface area contributed by atoms with E-state index in [2.05, 4.69) is 29.0 Å². The van der Waals surface area contributed by atoms with Crippen LogP contribution in [0.1, 0.15) is 52.4 Å². The van der Waals surface area contributed by atoms with Crippen molar-refractivity contribution in [2.24, 2.45) is 5.92 Å². The van der Waals surface area contributed by atoms with Crippen molar-refractivity contribution in [3.8, 4) is 0 Å². The van der Waals surface area contributed by atoms with Crippen LogP contribution in [0.4, 0.5) is 0 Å². The fourth-order valence-corrected chi connectivity index (χ4v) is 5.06. The molecule has 2 heterocycles. The maximum atomic E-state index is 12.7. The number of aromatic amines is 1. The highest BCUT2D eigenvalue weighted by molar-refractivity contribution is 7.71. The van der Waals surface area contributed by atoms with E-state index in [4.69, 9.17) is 17.0 Å². The first kappa shape index (κ1) is 25.6. The van der Waals surface area contributed by atoms with Crippen LogP contribution in [-0.2, 0) is 16.1 Å². The van der Waals surface area contributed by atoms with Crippen LogP contribution in [0, 0.1) is 10.7 Å². The Morgan fingerprint density at radius 1 is 1.15 bits per heavy atom. The maximum absolute atomic E-state index is 12.7. The van der Waals surface area contributed by atoms with Crippen LogP contribution in [0.3, 0.4) is 0 Å². The molecule has 1 aromatic carbocycles. The zero-order chi connectivity index (χ0) is 23.6. The number of amides is 1. The third kappa shape index (κ3) is 6.98. The summed E-state index contributed by atoms with van der Waals surface area (Å²) in [5, 5.41) is 3.83. The summed E-state index contributed by atoms with van der Waals surface area (Å²) in [4.78, 5) is 30.8. The number of H-pyrrole nitrogens is 1. The van der Waals surface area contributed by atoms with E-state index in [1.807, 2.05) is 24.3 Å². The lowest BCUT2D eigenvalue weighted by molar-refractivity contribution is -0.121. The van der Waals surface area contributed by atoms with Crippen LogP contribution in [-0.4, -0.2) is 59.2 Å². The molecule has 2 aromatic rings. The highest BCUT2D eigenvalue weighted by Crippen LogP contribution is 2.19. The average Bonchev–Trinajstić information content (AvgIpc) is 2.84. The molecule has 182 valence electrons. The first-order valence-electron chi connectivity index (χ1n) is 12.4. The van der Waals surface area contributed by atoms with Gasteiger partial charge >= 0.3 is 0 Å². The molecule has 1 saturated heterocycles. The first-order valence-corrected chi connectivity index (χ1v) is 12.8. The Kier molecular flexibility index (Phi) is 10.1. The number of carbonyl (C=O) groups is 1. The van der Waals surface area contributed by atoms with Crippen LogP contribution < -0.4 is 10.9 Å². The molecule has 3 rings (SSSR count). The molecule has 1 atom stereocenters. The van der Waals surface area contributed by atoms with Crippen molar-refractivity contribution in [3.63, 3.8) is 0 Å². The lowest BCUT2D eigenvalue weighted by atomic mass is 9.92. The van der Waals surface area contributed by atoms with E-state index in [9.17, 15) is 9.59 Å². The molecule has 1 unspecified atom stereocenters. The molecule has 0 bridgehead atoms. The van der Waals surface area contributed by atoms with Gasteiger partial charge in [0.25, 0.3) is 5.56 Å². The molecular weight excluding hydrogens is 436 g/mol. The minimum absolute atomic E-state index is 0.0531. The molecule has 8 heteroatoms. The molecular formula is C25H38N4O3S. The summed E-state index contributed by atoms with van der Waals surface area (Å²) >= 11 is 5.37. The van der Waals surface area contributed by atoms with Gasteiger partial charge in [0, 0.05) is 38.6 Å². The predicted octanol–water partition coefficient (Wildman–Crippen LogP) is 3.87. The second-order valence-electron chi connectivity index (χ2n) is 8.84. The quantitative estimate of drug-likeness (QED) is 0.361. The van der Waals surface area contributed by atoms with E-state index in [0.717, 1.165) is 63.9 Å². The fraction of sp³-hybridized carbons (Fsp3) is 0.640. The number of ether oxygens (including phenoxy) is 1. The number of benzene rings is 1. The van der Waals surface area contributed by atoms with Gasteiger partial charge in [-0.05, 0) is 43.1 Å². The molecule has 1 fully saturated rings. The predicted molar refractivity (Wildman–Crippen MR) is 135 cm³/mol. The summed E-state index contributed by atoms with van der Waals surface area (Å²) in [5.41, 5.74) is 0.715. The largest absolute Gasteiger partial charge is 0.379 e. The Balaban J connectivity index is 1.43. The van der Waals surface area contributed by atoms with Gasteiger partial charge in [-0.1, -0.05) is 45.2 Å². The smallest absolute Gasteiger partial charge is 0.262 e. The van der Waals surface area contributed by atoms with Crippen LogP contribution in [0.5, 0.6) is 0 Å². The normalized spacial score (nSPS) is 15.7. The second-order valence-corrected chi connectivity index (χ2v) is 9.23. The molecule has 2 N–H and O–H groups in total. The van der Waals surface area contributed by atoms with Crippen molar-refractivity contribution in [1.82, 2.24) is 19.8 Å². The number of para-hydroxylation sites is 1. The lowest BCUT2D eigenvalue weighted by Gasteiger charge is -2.38. The van der Waals surface area contributed by atoms with Crippen molar-refractivity contribution >= 4 is 29.0 Å². The van der Waals surface area contributed by atoms with Gasteiger partial charge in [-0.2, -0.15) is 0 Å². The van der Waals surface area contributed by atoms with E-state index < -0.39 is 0 Å². The number of unbranched alkanes of at least 4 members (excludes halogenated alkanes) is 2. The monoisotopic (exact) mass is 474 g/mol. The zero-order valence-electron chi connectivity index (χ0n) is 20.0. The Morgan fingerprint density at radius 2 is 1.88 bits per heavy atom. The Bertz CT molecular complexity index is 1010. The highest BCUT2D eigenvalue weighted by atomic mass is 32.1. The van der Waals surface area contributed by atoms with E-state index in [1.54, 1.807) is 4.57 Å². The number of nitrogens with one attached hydrogen (secondary N) is 2. The number of hydrogen-bond acceptors (Lipinski definition) is 5. The number of carbonyl (C=O) groups excluding carboxylic acids is 1. The van der Waals surface area contributed by atoms with Gasteiger partial charge in [0.1, 0.15) is 0 Å². The third-order valence-electron chi connectivity index (χ3n) is 6.79.